The third-order valence-corrected chi connectivity index (χ3v) is 3.59. The molecule has 0 aliphatic rings. The Bertz CT molecular complexity index is 385. The molecule has 4 nitrogen and oxygen atoms in total. The molecule has 1 heterocycles. The Labute approximate surface area is 112 Å². The molecule has 0 saturated heterocycles. The number of rotatable bonds is 7. The molecule has 1 aromatic rings. The number of pyridine rings is 1. The Morgan fingerprint density at radius 2 is 2.39 bits per heavy atom. The van der Waals surface area contributed by atoms with Crippen LogP contribution in [0.2, 0.25) is 0 Å². The number of aliphatic hydroxyl groups excluding tert-OH is 1. The number of amides is 1. The van der Waals surface area contributed by atoms with Crippen LogP contribution in [0.5, 0.6) is 0 Å². The van der Waals surface area contributed by atoms with Gasteiger partial charge in [-0.1, -0.05) is 13.3 Å². The van der Waals surface area contributed by atoms with E-state index in [1.165, 1.54) is 11.8 Å². The van der Waals surface area contributed by atoms with Gasteiger partial charge in [-0.05, 0) is 30.7 Å². The first-order valence-electron chi connectivity index (χ1n) is 6.11. The second-order valence-electron chi connectivity index (χ2n) is 4.06. The highest BCUT2D eigenvalue weighted by Crippen LogP contribution is 2.16. The molecule has 0 aliphatic heterocycles. The predicted octanol–water partition coefficient (Wildman–Crippen LogP) is 1.94. The number of hydrogen-bond acceptors (Lipinski definition) is 4. The van der Waals surface area contributed by atoms with Crippen LogP contribution < -0.4 is 5.32 Å². The molecular weight excluding hydrogens is 248 g/mol. The Balaban J connectivity index is 2.59. The monoisotopic (exact) mass is 268 g/mol. The summed E-state index contributed by atoms with van der Waals surface area (Å²) in [4.78, 5) is 16.2. The van der Waals surface area contributed by atoms with Crippen LogP contribution in [-0.2, 0) is 0 Å². The van der Waals surface area contributed by atoms with E-state index in [4.69, 9.17) is 5.11 Å². The average Bonchev–Trinajstić information content (AvgIpc) is 2.42. The molecule has 1 aromatic heterocycles. The molecule has 1 atom stereocenters. The zero-order valence-electron chi connectivity index (χ0n) is 10.8. The lowest BCUT2D eigenvalue weighted by Gasteiger charge is -2.14. The van der Waals surface area contributed by atoms with E-state index in [2.05, 4.69) is 17.2 Å². The smallest absolute Gasteiger partial charge is 0.254 e. The number of aromatic nitrogens is 1. The Kier molecular flexibility index (Phi) is 6.75. The zero-order chi connectivity index (χ0) is 13.4. The second-order valence-corrected chi connectivity index (χ2v) is 4.85. The summed E-state index contributed by atoms with van der Waals surface area (Å²) in [5, 5.41) is 12.6. The topological polar surface area (TPSA) is 62.2 Å². The third kappa shape index (κ3) is 4.31. The molecule has 0 spiro atoms. The van der Waals surface area contributed by atoms with Crippen molar-refractivity contribution < 1.29 is 9.90 Å². The molecule has 0 saturated carbocycles. The number of hydrogen-bond donors (Lipinski definition) is 2. The minimum absolute atomic E-state index is 0.0937. The molecule has 100 valence electrons. The van der Waals surface area contributed by atoms with Gasteiger partial charge < -0.3 is 10.4 Å². The largest absolute Gasteiger partial charge is 0.396 e. The van der Waals surface area contributed by atoms with Crippen molar-refractivity contribution in [2.75, 3.05) is 19.4 Å². The van der Waals surface area contributed by atoms with Crippen molar-refractivity contribution in [1.82, 2.24) is 10.3 Å². The van der Waals surface area contributed by atoms with E-state index in [0.717, 1.165) is 17.9 Å². The maximum absolute atomic E-state index is 12.0. The van der Waals surface area contributed by atoms with Gasteiger partial charge in [0.25, 0.3) is 5.91 Å². The molecule has 18 heavy (non-hydrogen) atoms. The van der Waals surface area contributed by atoms with Crippen LogP contribution >= 0.6 is 11.8 Å². The Hall–Kier alpha value is -1.07. The maximum Gasteiger partial charge on any atom is 0.254 e. The number of carbonyl (C=O) groups is 1. The molecule has 0 aliphatic carbocycles. The normalized spacial score (nSPS) is 12.2. The molecule has 0 fully saturated rings. The first kappa shape index (κ1) is 15.0. The Morgan fingerprint density at radius 3 is 3.00 bits per heavy atom. The van der Waals surface area contributed by atoms with E-state index in [9.17, 15) is 4.79 Å². The molecule has 0 aromatic carbocycles. The molecule has 1 amide bonds. The van der Waals surface area contributed by atoms with Crippen molar-refractivity contribution in [3.8, 4) is 0 Å². The van der Waals surface area contributed by atoms with E-state index in [-0.39, 0.29) is 12.5 Å². The van der Waals surface area contributed by atoms with Crippen LogP contribution in [0, 0.1) is 5.92 Å². The van der Waals surface area contributed by atoms with Gasteiger partial charge in [-0.2, -0.15) is 0 Å². The highest BCUT2D eigenvalue weighted by molar-refractivity contribution is 7.98. The maximum atomic E-state index is 12.0. The standard InChI is InChI=1S/C13H20N2O2S/c1-3-10(6-8-16)9-15-12(17)11-5-4-7-14-13(11)18-2/h4-5,7,10,16H,3,6,8-9H2,1-2H3,(H,15,17). The summed E-state index contributed by atoms with van der Waals surface area (Å²) >= 11 is 1.46. The van der Waals surface area contributed by atoms with Crippen LogP contribution in [0.4, 0.5) is 0 Å². The van der Waals surface area contributed by atoms with Gasteiger partial charge >= 0.3 is 0 Å². The van der Waals surface area contributed by atoms with Crippen molar-refractivity contribution in [1.29, 1.82) is 0 Å². The van der Waals surface area contributed by atoms with Gasteiger partial charge in [-0.3, -0.25) is 4.79 Å². The minimum atomic E-state index is -0.0937. The summed E-state index contributed by atoms with van der Waals surface area (Å²) in [6.07, 6.45) is 5.26. The summed E-state index contributed by atoms with van der Waals surface area (Å²) in [5.74, 6) is 0.234. The molecule has 2 N–H and O–H groups in total. The van der Waals surface area contributed by atoms with Crippen molar-refractivity contribution >= 4 is 17.7 Å². The molecule has 1 rings (SSSR count). The van der Waals surface area contributed by atoms with Crippen molar-refractivity contribution in [3.05, 3.63) is 23.9 Å². The zero-order valence-corrected chi connectivity index (χ0v) is 11.7. The van der Waals surface area contributed by atoms with Gasteiger partial charge in [-0.15, -0.1) is 11.8 Å². The number of carbonyl (C=O) groups excluding carboxylic acids is 1. The first-order valence-corrected chi connectivity index (χ1v) is 7.33. The van der Waals surface area contributed by atoms with E-state index in [0.29, 0.717) is 18.0 Å². The highest BCUT2D eigenvalue weighted by atomic mass is 32.2. The molecule has 5 heteroatoms. The lowest BCUT2D eigenvalue weighted by atomic mass is 10.0. The van der Waals surface area contributed by atoms with Crippen LogP contribution in [0.15, 0.2) is 23.4 Å². The minimum Gasteiger partial charge on any atom is -0.396 e. The van der Waals surface area contributed by atoms with Crippen molar-refractivity contribution in [2.45, 2.75) is 24.8 Å². The van der Waals surface area contributed by atoms with Gasteiger partial charge in [0.1, 0.15) is 5.03 Å². The molecule has 0 bridgehead atoms. The number of nitrogens with one attached hydrogen (secondary N) is 1. The Morgan fingerprint density at radius 1 is 1.61 bits per heavy atom. The summed E-state index contributed by atoms with van der Waals surface area (Å²) in [6, 6.07) is 3.54. The van der Waals surface area contributed by atoms with Crippen molar-refractivity contribution in [2.24, 2.45) is 5.92 Å². The van der Waals surface area contributed by atoms with Crippen LogP contribution in [0.3, 0.4) is 0 Å². The summed E-state index contributed by atoms with van der Waals surface area (Å²) in [6.45, 7) is 2.82. The van der Waals surface area contributed by atoms with Crippen molar-refractivity contribution in [3.63, 3.8) is 0 Å². The lowest BCUT2D eigenvalue weighted by molar-refractivity contribution is 0.0940. The molecule has 1 unspecified atom stereocenters. The van der Waals surface area contributed by atoms with Gasteiger partial charge in [0.15, 0.2) is 0 Å². The number of aliphatic hydroxyl groups is 1. The van der Waals surface area contributed by atoms with Crippen LogP contribution in [0.1, 0.15) is 30.1 Å². The van der Waals surface area contributed by atoms with Gasteiger partial charge in [0, 0.05) is 19.3 Å². The fourth-order valence-electron chi connectivity index (χ4n) is 1.69. The van der Waals surface area contributed by atoms with Gasteiger partial charge in [0.05, 0.1) is 5.56 Å². The quantitative estimate of drug-likeness (QED) is 0.742. The van der Waals surface area contributed by atoms with Crippen LogP contribution in [-0.4, -0.2) is 35.4 Å². The molecular formula is C13H20N2O2S. The van der Waals surface area contributed by atoms with E-state index < -0.39 is 0 Å². The summed E-state index contributed by atoms with van der Waals surface area (Å²) in [5.41, 5.74) is 0.615. The van der Waals surface area contributed by atoms with E-state index >= 15 is 0 Å². The van der Waals surface area contributed by atoms with Gasteiger partial charge in [0.2, 0.25) is 0 Å². The number of thioether (sulfide) groups is 1. The van der Waals surface area contributed by atoms with E-state index in [1.54, 1.807) is 18.3 Å². The third-order valence-electron chi connectivity index (χ3n) is 2.88. The second kappa shape index (κ2) is 8.11. The SMILES string of the molecule is CCC(CCO)CNC(=O)c1cccnc1SC. The first-order chi connectivity index (χ1) is 8.72. The summed E-state index contributed by atoms with van der Waals surface area (Å²) in [7, 11) is 0. The highest BCUT2D eigenvalue weighted by Gasteiger charge is 2.13. The van der Waals surface area contributed by atoms with Crippen LogP contribution in [0.25, 0.3) is 0 Å². The van der Waals surface area contributed by atoms with Gasteiger partial charge in [-0.25, -0.2) is 4.98 Å². The fraction of sp³-hybridized carbons (Fsp3) is 0.538. The average molecular weight is 268 g/mol. The lowest BCUT2D eigenvalue weighted by Crippen LogP contribution is -2.30. The molecule has 0 radical (unpaired) electrons. The van der Waals surface area contributed by atoms with E-state index in [1.807, 2.05) is 6.26 Å². The fourth-order valence-corrected chi connectivity index (χ4v) is 2.24. The number of nitrogens with zero attached hydrogens (tertiary/aromatic N) is 1. The summed E-state index contributed by atoms with van der Waals surface area (Å²) < 4.78 is 0. The predicted molar refractivity (Wildman–Crippen MR) is 73.8 cm³/mol.